The van der Waals surface area contributed by atoms with Crippen LogP contribution in [0.3, 0.4) is 0 Å². The Hall–Kier alpha value is -3.28. The molecular weight excluding hydrogens is 402 g/mol. The average molecular weight is 436 g/mol. The molecule has 0 radical (unpaired) electrons. The molecule has 1 heterocycles. The van der Waals surface area contributed by atoms with Crippen LogP contribution in [0.5, 0.6) is 5.75 Å². The number of rotatable bonds is 8. The van der Waals surface area contributed by atoms with Gasteiger partial charge in [-0.05, 0) is 43.5 Å². The summed E-state index contributed by atoms with van der Waals surface area (Å²) in [6, 6.07) is 19.0. The molecule has 2 aromatic carbocycles. The Morgan fingerprint density at radius 3 is 2.47 bits per heavy atom. The largest absolute Gasteiger partial charge is 0.484 e. The Balaban J connectivity index is 1.81. The van der Waals surface area contributed by atoms with Crippen molar-refractivity contribution in [3.63, 3.8) is 0 Å². The zero-order chi connectivity index (χ0) is 23.1. The van der Waals surface area contributed by atoms with Crippen LogP contribution in [0.15, 0.2) is 66.4 Å². The second-order valence-electron chi connectivity index (χ2n) is 8.26. The molecule has 2 amide bonds. The summed E-state index contributed by atoms with van der Waals surface area (Å²) in [6.45, 7) is 6.48. The number of carbonyl (C=O) groups is 2. The fourth-order valence-electron chi connectivity index (χ4n) is 4.59. The van der Waals surface area contributed by atoms with Gasteiger partial charge < -0.3 is 20.3 Å². The first-order valence-electron chi connectivity index (χ1n) is 11.1. The number of allylic oxidation sites excluding steroid dienone is 2. The number of hydrogen-bond acceptors (Lipinski definition) is 4. The van der Waals surface area contributed by atoms with Gasteiger partial charge in [-0.3, -0.25) is 9.59 Å². The smallest absolute Gasteiger partial charge is 0.258 e. The van der Waals surface area contributed by atoms with Gasteiger partial charge in [0.15, 0.2) is 6.61 Å². The molecule has 2 atom stereocenters. The third-order valence-electron chi connectivity index (χ3n) is 6.14. The van der Waals surface area contributed by atoms with E-state index in [1.807, 2.05) is 24.3 Å². The molecule has 32 heavy (non-hydrogen) atoms. The van der Waals surface area contributed by atoms with Crippen molar-refractivity contribution in [1.82, 2.24) is 15.5 Å². The zero-order valence-electron chi connectivity index (χ0n) is 19.4. The van der Waals surface area contributed by atoms with Crippen molar-refractivity contribution in [2.45, 2.75) is 38.6 Å². The molecule has 2 N–H and O–H groups in total. The molecule has 2 unspecified atom stereocenters. The first kappa shape index (κ1) is 23.4. The summed E-state index contributed by atoms with van der Waals surface area (Å²) in [6.07, 6.45) is 3.16. The summed E-state index contributed by atoms with van der Waals surface area (Å²) < 4.78 is 5.82. The number of carbonyl (C=O) groups excluding carboxylic acids is 2. The highest BCUT2D eigenvalue weighted by molar-refractivity contribution is 5.77. The highest BCUT2D eigenvalue weighted by Crippen LogP contribution is 2.50. The average Bonchev–Trinajstić information content (AvgIpc) is 3.06. The van der Waals surface area contributed by atoms with E-state index in [2.05, 4.69) is 72.8 Å². The quantitative estimate of drug-likeness (QED) is 0.625. The third kappa shape index (κ3) is 4.96. The molecule has 6 nitrogen and oxygen atoms in total. The molecule has 1 fully saturated rings. The van der Waals surface area contributed by atoms with E-state index in [4.69, 9.17) is 4.74 Å². The second-order valence-corrected chi connectivity index (χ2v) is 8.26. The molecule has 1 saturated heterocycles. The summed E-state index contributed by atoms with van der Waals surface area (Å²) in [7, 11) is 2.15. The van der Waals surface area contributed by atoms with Gasteiger partial charge in [0.2, 0.25) is 5.91 Å². The van der Waals surface area contributed by atoms with E-state index < -0.39 is 0 Å². The van der Waals surface area contributed by atoms with Crippen molar-refractivity contribution in [2.75, 3.05) is 26.7 Å². The highest BCUT2D eigenvalue weighted by atomic mass is 16.5. The van der Waals surface area contributed by atoms with Crippen LogP contribution in [0.1, 0.15) is 38.3 Å². The highest BCUT2D eigenvalue weighted by Gasteiger charge is 2.47. The van der Waals surface area contributed by atoms with Gasteiger partial charge in [-0.2, -0.15) is 0 Å². The maximum atomic E-state index is 12.1. The molecule has 1 aliphatic rings. The topological polar surface area (TPSA) is 70.7 Å². The number of benzene rings is 2. The lowest BCUT2D eigenvalue weighted by atomic mass is 9.70. The van der Waals surface area contributed by atoms with Crippen LogP contribution < -0.4 is 15.4 Å². The van der Waals surface area contributed by atoms with Crippen LogP contribution in [0.25, 0.3) is 0 Å². The van der Waals surface area contributed by atoms with Gasteiger partial charge in [0.1, 0.15) is 5.75 Å². The number of hydrogen-bond donors (Lipinski definition) is 2. The summed E-state index contributed by atoms with van der Waals surface area (Å²) >= 11 is 0. The van der Waals surface area contributed by atoms with Crippen molar-refractivity contribution >= 4 is 11.8 Å². The van der Waals surface area contributed by atoms with Crippen LogP contribution in [0.2, 0.25) is 0 Å². The first-order valence-corrected chi connectivity index (χ1v) is 11.1. The number of likely N-dealkylation sites (N-methyl/N-ethyl adjacent to an activating group) is 1. The fraction of sp³-hybridized carbons (Fsp3) is 0.385. The van der Waals surface area contributed by atoms with Gasteiger partial charge in [-0.15, -0.1) is 0 Å². The molecule has 0 aliphatic carbocycles. The molecular formula is C26H33N3O3. The molecule has 170 valence electrons. The predicted octanol–water partition coefficient (Wildman–Crippen LogP) is 3.23. The molecule has 0 spiro atoms. The first-order chi connectivity index (χ1) is 15.4. The number of ether oxygens (including phenoxy) is 1. The second kappa shape index (κ2) is 10.4. The van der Waals surface area contributed by atoms with Gasteiger partial charge in [-0.25, -0.2) is 0 Å². The minimum absolute atomic E-state index is 0.0748. The monoisotopic (exact) mass is 435 g/mol. The van der Waals surface area contributed by atoms with Crippen molar-refractivity contribution < 1.29 is 14.3 Å². The molecule has 0 bridgehead atoms. The standard InChI is InChI=1S/C26H33N3O3/c1-5-24-26(17-19(2)29(24)4,21-10-7-6-8-11-21)22-12-9-13-23(16-22)32-18-25(31)28-15-14-27-20(3)30/h5-13,16,19H,14-15,17-18H2,1-4H3,(H,27,30)(H,28,31). The lowest BCUT2D eigenvalue weighted by molar-refractivity contribution is -0.123. The minimum Gasteiger partial charge on any atom is -0.484 e. The van der Waals surface area contributed by atoms with E-state index >= 15 is 0 Å². The maximum absolute atomic E-state index is 12.1. The number of amides is 2. The van der Waals surface area contributed by atoms with Crippen LogP contribution in [-0.4, -0.2) is 49.5 Å². The minimum atomic E-state index is -0.274. The van der Waals surface area contributed by atoms with Gasteiger partial charge in [0.05, 0.1) is 5.41 Å². The summed E-state index contributed by atoms with van der Waals surface area (Å²) in [5.74, 6) is 0.321. The number of likely N-dealkylation sites (tertiary alicyclic amines) is 1. The van der Waals surface area contributed by atoms with Gasteiger partial charge in [-0.1, -0.05) is 48.5 Å². The van der Waals surface area contributed by atoms with E-state index in [1.165, 1.54) is 18.2 Å². The fourth-order valence-corrected chi connectivity index (χ4v) is 4.59. The van der Waals surface area contributed by atoms with Crippen LogP contribution in [0, 0.1) is 0 Å². The van der Waals surface area contributed by atoms with E-state index in [0.717, 1.165) is 12.0 Å². The van der Waals surface area contributed by atoms with Crippen molar-refractivity contribution in [2.24, 2.45) is 0 Å². The molecule has 6 heteroatoms. The Labute approximate surface area is 190 Å². The molecule has 3 rings (SSSR count). The van der Waals surface area contributed by atoms with Crippen molar-refractivity contribution in [3.05, 3.63) is 77.5 Å². The van der Waals surface area contributed by atoms with Gasteiger partial charge in [0, 0.05) is 38.8 Å². The molecule has 0 saturated carbocycles. The Bertz CT molecular complexity index is 973. The number of nitrogens with one attached hydrogen (secondary N) is 2. The normalized spacial score (nSPS) is 21.4. The summed E-state index contributed by atoms with van der Waals surface area (Å²) in [4.78, 5) is 25.4. The molecule has 2 aromatic rings. The Kier molecular flexibility index (Phi) is 7.57. The third-order valence-corrected chi connectivity index (χ3v) is 6.14. The summed E-state index contributed by atoms with van der Waals surface area (Å²) in [5, 5.41) is 5.39. The van der Waals surface area contributed by atoms with E-state index in [9.17, 15) is 9.59 Å². The lowest BCUT2D eigenvalue weighted by Gasteiger charge is -2.33. The van der Waals surface area contributed by atoms with E-state index in [-0.39, 0.29) is 23.8 Å². The lowest BCUT2D eigenvalue weighted by Crippen LogP contribution is -2.36. The predicted molar refractivity (Wildman–Crippen MR) is 126 cm³/mol. The van der Waals surface area contributed by atoms with Crippen molar-refractivity contribution in [3.8, 4) is 5.75 Å². The summed E-state index contributed by atoms with van der Waals surface area (Å²) in [5.41, 5.74) is 3.39. The zero-order valence-corrected chi connectivity index (χ0v) is 19.4. The van der Waals surface area contributed by atoms with Crippen LogP contribution in [0.4, 0.5) is 0 Å². The molecule has 0 aromatic heterocycles. The van der Waals surface area contributed by atoms with Crippen LogP contribution >= 0.6 is 0 Å². The molecule has 1 aliphatic heterocycles. The Morgan fingerprint density at radius 2 is 1.78 bits per heavy atom. The number of nitrogens with zero attached hydrogens (tertiary/aromatic N) is 1. The maximum Gasteiger partial charge on any atom is 0.258 e. The van der Waals surface area contributed by atoms with Crippen LogP contribution in [-0.2, 0) is 15.0 Å². The van der Waals surface area contributed by atoms with E-state index in [0.29, 0.717) is 24.9 Å². The van der Waals surface area contributed by atoms with Crippen molar-refractivity contribution in [1.29, 1.82) is 0 Å². The van der Waals surface area contributed by atoms with Gasteiger partial charge >= 0.3 is 0 Å². The van der Waals surface area contributed by atoms with E-state index in [1.54, 1.807) is 0 Å². The van der Waals surface area contributed by atoms with Gasteiger partial charge in [0.25, 0.3) is 5.91 Å². The Morgan fingerprint density at radius 1 is 1.09 bits per heavy atom. The SMILES string of the molecule is CC=C1N(C)C(C)CC1(c1ccccc1)c1cccc(OCC(=O)NCCNC(C)=O)c1.